The third kappa shape index (κ3) is 18.8. The fraction of sp³-hybridized carbons (Fsp3) is 0.760. The Bertz CT molecular complexity index is 467. The number of unbranched alkanes of at least 4 members (excludes halogenated alkanes) is 14. The summed E-state index contributed by atoms with van der Waals surface area (Å²) in [4.78, 5) is 11.7. The highest BCUT2D eigenvalue weighted by Crippen LogP contribution is 2.13. The summed E-state index contributed by atoms with van der Waals surface area (Å²) >= 11 is 0. The van der Waals surface area contributed by atoms with E-state index in [1.54, 1.807) is 0 Å². The summed E-state index contributed by atoms with van der Waals surface area (Å²) in [5.41, 5.74) is 0. The second-order valence-corrected chi connectivity index (χ2v) is 8.03. The molecule has 1 aromatic rings. The Labute approximate surface area is 190 Å². The van der Waals surface area contributed by atoms with Crippen molar-refractivity contribution in [2.75, 3.05) is 6.61 Å². The lowest BCUT2D eigenvalue weighted by atomic mass is 10.0. The summed E-state index contributed by atoms with van der Waals surface area (Å²) in [5.74, 6) is -0.0498. The number of hydrogen-bond acceptors (Lipinski definition) is 2. The lowest BCUT2D eigenvalue weighted by Gasteiger charge is -2.04. The monoisotopic (exact) mass is 470 g/mol. The Morgan fingerprint density at radius 3 is 1.62 bits per heavy atom. The highest BCUT2D eigenvalue weighted by atomic mass is 79.9. The molecule has 0 atom stereocenters. The molecule has 29 heavy (non-hydrogen) atoms. The van der Waals surface area contributed by atoms with Gasteiger partial charge in [-0.25, -0.2) is 4.57 Å². The van der Waals surface area contributed by atoms with Crippen molar-refractivity contribution in [3.63, 3.8) is 0 Å². The van der Waals surface area contributed by atoms with E-state index in [4.69, 9.17) is 4.74 Å². The molecule has 0 aliphatic heterocycles. The molecule has 1 aromatic heterocycles. The summed E-state index contributed by atoms with van der Waals surface area (Å²) in [6.45, 7) is 3.47. The Morgan fingerprint density at radius 2 is 1.14 bits per heavy atom. The van der Waals surface area contributed by atoms with Crippen LogP contribution < -0.4 is 4.57 Å². The molecule has 0 aromatic carbocycles. The van der Waals surface area contributed by atoms with Gasteiger partial charge in [0.15, 0.2) is 25.5 Å². The second-order valence-electron chi connectivity index (χ2n) is 8.03. The average molecular weight is 472 g/mol. The van der Waals surface area contributed by atoms with Gasteiger partial charge in [-0.1, -0.05) is 103 Å². The van der Waals surface area contributed by atoms with Gasteiger partial charge in [-0.3, -0.25) is 4.79 Å². The third-order valence-corrected chi connectivity index (χ3v) is 5.37. The zero-order valence-electron chi connectivity index (χ0n) is 18.8. The molecule has 168 valence electrons. The molecule has 0 saturated carbocycles. The molecule has 0 aliphatic carbocycles. The maximum absolute atomic E-state index is 11.7. The minimum absolute atomic E-state index is 0. The maximum atomic E-state index is 11.7. The first-order valence-electron chi connectivity index (χ1n) is 11.9. The standard InChI is InChI=1S/C25H44NO2.BrH/c1-2-3-4-5-6-7-8-9-10-11-12-13-14-15-17-20-25(27)28-24-23-26-21-18-16-19-22-26;/h16,18-19,21-22H,2-15,17,20,23-24H2,1H3;1H/q+1;. The van der Waals surface area contributed by atoms with Crippen molar-refractivity contribution in [1.82, 2.24) is 0 Å². The summed E-state index contributed by atoms with van der Waals surface area (Å²) in [5, 5.41) is 0. The molecule has 0 fully saturated rings. The van der Waals surface area contributed by atoms with E-state index in [1.807, 2.05) is 35.2 Å². The third-order valence-electron chi connectivity index (χ3n) is 5.37. The van der Waals surface area contributed by atoms with Gasteiger partial charge in [0.25, 0.3) is 0 Å². The quantitative estimate of drug-likeness (QED) is 0.120. The zero-order chi connectivity index (χ0) is 20.1. The molecule has 3 nitrogen and oxygen atoms in total. The van der Waals surface area contributed by atoms with Crippen LogP contribution in [0.1, 0.15) is 110 Å². The fourth-order valence-corrected chi connectivity index (χ4v) is 3.56. The van der Waals surface area contributed by atoms with Gasteiger partial charge in [0, 0.05) is 18.6 Å². The van der Waals surface area contributed by atoms with E-state index in [9.17, 15) is 4.79 Å². The van der Waals surface area contributed by atoms with E-state index in [2.05, 4.69) is 6.92 Å². The molecule has 0 bridgehead atoms. The predicted molar refractivity (Wildman–Crippen MR) is 127 cm³/mol. The van der Waals surface area contributed by atoms with Crippen molar-refractivity contribution < 1.29 is 14.1 Å². The lowest BCUT2D eigenvalue weighted by molar-refractivity contribution is -0.697. The first kappa shape index (κ1) is 28.1. The molecule has 0 radical (unpaired) electrons. The number of halogens is 1. The highest BCUT2D eigenvalue weighted by Gasteiger charge is 2.05. The van der Waals surface area contributed by atoms with Crippen molar-refractivity contribution in [2.45, 2.75) is 116 Å². The van der Waals surface area contributed by atoms with Crippen LogP contribution in [0.25, 0.3) is 0 Å². The van der Waals surface area contributed by atoms with Crippen LogP contribution in [-0.4, -0.2) is 12.6 Å². The van der Waals surface area contributed by atoms with E-state index >= 15 is 0 Å². The van der Waals surface area contributed by atoms with E-state index < -0.39 is 0 Å². The van der Waals surface area contributed by atoms with E-state index in [0.717, 1.165) is 19.4 Å². The van der Waals surface area contributed by atoms with Crippen LogP contribution in [-0.2, 0) is 16.1 Å². The average Bonchev–Trinajstić information content (AvgIpc) is 2.71. The Balaban J connectivity index is 0.00000784. The summed E-state index contributed by atoms with van der Waals surface area (Å²) in [6.07, 6.45) is 24.7. The number of ether oxygens (including phenoxy) is 1. The van der Waals surface area contributed by atoms with Gasteiger partial charge >= 0.3 is 5.97 Å². The van der Waals surface area contributed by atoms with Crippen LogP contribution in [0, 0.1) is 0 Å². The van der Waals surface area contributed by atoms with E-state index in [1.165, 1.54) is 83.5 Å². The van der Waals surface area contributed by atoms with Crippen molar-refractivity contribution in [3.05, 3.63) is 30.6 Å². The van der Waals surface area contributed by atoms with Crippen molar-refractivity contribution in [2.24, 2.45) is 0 Å². The highest BCUT2D eigenvalue weighted by molar-refractivity contribution is 8.93. The smallest absolute Gasteiger partial charge is 0.306 e. The topological polar surface area (TPSA) is 30.2 Å². The molecule has 0 aliphatic rings. The number of rotatable bonds is 19. The van der Waals surface area contributed by atoms with Gasteiger partial charge in [-0.15, -0.1) is 17.0 Å². The molecule has 4 heteroatoms. The van der Waals surface area contributed by atoms with Gasteiger partial charge in [-0.2, -0.15) is 0 Å². The molecule has 0 spiro atoms. The second kappa shape index (κ2) is 21.8. The minimum Gasteiger partial charge on any atom is -0.459 e. The Morgan fingerprint density at radius 1 is 0.690 bits per heavy atom. The number of nitrogens with zero attached hydrogens (tertiary/aromatic N) is 1. The first-order chi connectivity index (χ1) is 13.8. The molecular weight excluding hydrogens is 426 g/mol. The van der Waals surface area contributed by atoms with Gasteiger partial charge in [0.05, 0.1) is 0 Å². The van der Waals surface area contributed by atoms with Crippen molar-refractivity contribution >= 4 is 23.0 Å². The minimum atomic E-state index is -0.0498. The summed E-state index contributed by atoms with van der Waals surface area (Å²) in [6, 6.07) is 5.95. The molecular formula is C25H45BrNO2+. The normalized spacial score (nSPS) is 10.5. The van der Waals surface area contributed by atoms with Crippen molar-refractivity contribution in [3.8, 4) is 0 Å². The van der Waals surface area contributed by atoms with Crippen LogP contribution in [0.3, 0.4) is 0 Å². The van der Waals surface area contributed by atoms with Crippen LogP contribution in [0.2, 0.25) is 0 Å². The Hall–Kier alpha value is -0.900. The molecule has 0 amide bonds. The van der Waals surface area contributed by atoms with Crippen LogP contribution >= 0.6 is 17.0 Å². The largest absolute Gasteiger partial charge is 0.459 e. The van der Waals surface area contributed by atoms with Crippen LogP contribution in [0.4, 0.5) is 0 Å². The first-order valence-corrected chi connectivity index (χ1v) is 11.9. The lowest BCUT2D eigenvalue weighted by Crippen LogP contribution is -2.35. The molecule has 0 unspecified atom stereocenters. The number of carbonyl (C=O) groups excluding carboxylic acids is 1. The van der Waals surface area contributed by atoms with Gasteiger partial charge in [-0.05, 0) is 6.42 Å². The number of hydrogen-bond donors (Lipinski definition) is 0. The zero-order valence-corrected chi connectivity index (χ0v) is 20.5. The molecule has 1 rings (SSSR count). The Kier molecular flexibility index (Phi) is 21.1. The summed E-state index contributed by atoms with van der Waals surface area (Å²) < 4.78 is 7.33. The number of aromatic nitrogens is 1. The molecule has 0 saturated heterocycles. The van der Waals surface area contributed by atoms with E-state index in [0.29, 0.717) is 13.0 Å². The number of pyridine rings is 1. The predicted octanol–water partition coefficient (Wildman–Crippen LogP) is 7.36. The van der Waals surface area contributed by atoms with Gasteiger partial charge in [0.2, 0.25) is 0 Å². The van der Waals surface area contributed by atoms with Gasteiger partial charge in [0.1, 0.15) is 0 Å². The SMILES string of the molecule is Br.CCCCCCCCCCCCCCCCCC(=O)OCC[n+]1ccccc1. The summed E-state index contributed by atoms with van der Waals surface area (Å²) in [7, 11) is 0. The fourth-order valence-electron chi connectivity index (χ4n) is 3.56. The van der Waals surface area contributed by atoms with Crippen LogP contribution in [0.5, 0.6) is 0 Å². The molecule has 0 N–H and O–H groups in total. The molecule has 1 heterocycles. The van der Waals surface area contributed by atoms with Gasteiger partial charge < -0.3 is 4.74 Å². The number of esters is 1. The number of carbonyl (C=O) groups is 1. The van der Waals surface area contributed by atoms with Crippen molar-refractivity contribution in [1.29, 1.82) is 0 Å². The van der Waals surface area contributed by atoms with Crippen LogP contribution in [0.15, 0.2) is 30.6 Å². The van der Waals surface area contributed by atoms with E-state index in [-0.39, 0.29) is 23.0 Å². The maximum Gasteiger partial charge on any atom is 0.306 e.